The smallest absolute Gasteiger partial charge is 0.164 e. The lowest BCUT2D eigenvalue weighted by Crippen LogP contribution is -2.43. The Kier molecular flexibility index (Phi) is 5.81. The van der Waals surface area contributed by atoms with E-state index in [-0.39, 0.29) is 6.42 Å². The number of ketones is 1. The van der Waals surface area contributed by atoms with Gasteiger partial charge in [0, 0.05) is 6.42 Å². The molecular formula is C8H16O5. The van der Waals surface area contributed by atoms with Crippen LogP contribution in [0, 0.1) is 0 Å². The molecule has 0 aromatic rings. The van der Waals surface area contributed by atoms with Gasteiger partial charge in [0.25, 0.3) is 0 Å². The molecule has 0 fully saturated rings. The van der Waals surface area contributed by atoms with Gasteiger partial charge in [0.05, 0.1) is 6.61 Å². The van der Waals surface area contributed by atoms with Crippen molar-refractivity contribution in [2.24, 2.45) is 0 Å². The molecule has 0 aliphatic heterocycles. The number of hydrogen-bond acceptors (Lipinski definition) is 5. The van der Waals surface area contributed by atoms with Crippen LogP contribution in [0.15, 0.2) is 0 Å². The van der Waals surface area contributed by atoms with Crippen LogP contribution in [0.25, 0.3) is 0 Å². The Labute approximate surface area is 76.6 Å². The quantitative estimate of drug-likeness (QED) is 0.407. The van der Waals surface area contributed by atoms with Crippen LogP contribution >= 0.6 is 0 Å². The molecule has 0 saturated carbocycles. The molecule has 4 N–H and O–H groups in total. The van der Waals surface area contributed by atoms with Crippen molar-refractivity contribution in [2.45, 2.75) is 38.1 Å². The first-order valence-electron chi connectivity index (χ1n) is 4.22. The summed E-state index contributed by atoms with van der Waals surface area (Å²) in [6.45, 7) is 1.08. The van der Waals surface area contributed by atoms with Gasteiger partial charge in [0.2, 0.25) is 0 Å². The van der Waals surface area contributed by atoms with Crippen molar-refractivity contribution in [2.75, 3.05) is 6.61 Å². The second-order valence-electron chi connectivity index (χ2n) is 2.90. The first-order valence-corrected chi connectivity index (χ1v) is 4.22. The summed E-state index contributed by atoms with van der Waals surface area (Å²) >= 11 is 0. The van der Waals surface area contributed by atoms with E-state index in [1.807, 2.05) is 0 Å². The lowest BCUT2D eigenvalue weighted by atomic mass is 10.0. The SMILES string of the molecule is CCCC(=O)C(O)C(O)C(O)CO. The van der Waals surface area contributed by atoms with Gasteiger partial charge in [0.1, 0.15) is 18.3 Å². The van der Waals surface area contributed by atoms with E-state index in [9.17, 15) is 4.79 Å². The van der Waals surface area contributed by atoms with Crippen molar-refractivity contribution in [3.8, 4) is 0 Å². The number of Topliss-reactive ketones (excluding diaryl/α,β-unsaturated/α-hetero) is 1. The molecule has 0 aromatic carbocycles. The zero-order valence-corrected chi connectivity index (χ0v) is 7.55. The number of carbonyl (C=O) groups excluding carboxylic acids is 1. The highest BCUT2D eigenvalue weighted by Gasteiger charge is 2.28. The normalized spacial score (nSPS) is 17.9. The molecule has 0 bridgehead atoms. The van der Waals surface area contributed by atoms with Gasteiger partial charge in [-0.2, -0.15) is 0 Å². The maximum absolute atomic E-state index is 11.0. The summed E-state index contributed by atoms with van der Waals surface area (Å²) in [5.74, 6) is -0.525. The zero-order chi connectivity index (χ0) is 10.4. The van der Waals surface area contributed by atoms with Gasteiger partial charge in [-0.1, -0.05) is 6.92 Å². The number of hydrogen-bond donors (Lipinski definition) is 4. The Morgan fingerprint density at radius 1 is 1.31 bits per heavy atom. The van der Waals surface area contributed by atoms with Crippen molar-refractivity contribution >= 4 is 5.78 Å². The molecule has 0 radical (unpaired) electrons. The largest absolute Gasteiger partial charge is 0.394 e. The van der Waals surface area contributed by atoms with Crippen LogP contribution in [-0.4, -0.2) is 51.1 Å². The number of aliphatic hydroxyl groups is 4. The maximum atomic E-state index is 11.0. The van der Waals surface area contributed by atoms with E-state index in [0.717, 1.165) is 0 Å². The minimum Gasteiger partial charge on any atom is -0.394 e. The molecule has 0 rings (SSSR count). The molecule has 0 amide bonds. The third kappa shape index (κ3) is 3.82. The molecule has 0 heterocycles. The third-order valence-electron chi connectivity index (χ3n) is 1.73. The Balaban J connectivity index is 4.07. The Morgan fingerprint density at radius 2 is 1.85 bits per heavy atom. The molecule has 0 aliphatic rings. The topological polar surface area (TPSA) is 98.0 Å². The molecule has 3 atom stereocenters. The van der Waals surface area contributed by atoms with Crippen molar-refractivity contribution in [1.29, 1.82) is 0 Å². The molecule has 0 spiro atoms. The lowest BCUT2D eigenvalue weighted by molar-refractivity contribution is -0.140. The Morgan fingerprint density at radius 3 is 2.23 bits per heavy atom. The van der Waals surface area contributed by atoms with Crippen LogP contribution in [0.5, 0.6) is 0 Å². The first kappa shape index (κ1) is 12.5. The summed E-state index contributed by atoms with van der Waals surface area (Å²) in [6, 6.07) is 0. The van der Waals surface area contributed by atoms with Gasteiger partial charge < -0.3 is 20.4 Å². The fraction of sp³-hybridized carbons (Fsp3) is 0.875. The number of aliphatic hydroxyl groups excluding tert-OH is 4. The molecule has 13 heavy (non-hydrogen) atoms. The van der Waals surface area contributed by atoms with Gasteiger partial charge in [-0.3, -0.25) is 4.79 Å². The van der Waals surface area contributed by atoms with E-state index < -0.39 is 30.7 Å². The predicted octanol–water partition coefficient (Wildman–Crippen LogP) is -1.57. The van der Waals surface area contributed by atoms with E-state index in [1.54, 1.807) is 6.92 Å². The second kappa shape index (κ2) is 6.04. The summed E-state index contributed by atoms with van der Waals surface area (Å²) < 4.78 is 0. The van der Waals surface area contributed by atoms with E-state index in [1.165, 1.54) is 0 Å². The van der Waals surface area contributed by atoms with Crippen LogP contribution in [0.4, 0.5) is 0 Å². The Hall–Kier alpha value is -0.490. The fourth-order valence-corrected chi connectivity index (χ4v) is 0.903. The molecule has 3 unspecified atom stereocenters. The van der Waals surface area contributed by atoms with E-state index >= 15 is 0 Å². The summed E-state index contributed by atoms with van der Waals surface area (Å²) in [5.41, 5.74) is 0. The summed E-state index contributed by atoms with van der Waals surface area (Å²) in [6.07, 6.45) is -3.98. The third-order valence-corrected chi connectivity index (χ3v) is 1.73. The van der Waals surface area contributed by atoms with Crippen LogP contribution in [0.1, 0.15) is 19.8 Å². The standard InChI is InChI=1S/C8H16O5/c1-2-3-5(10)7(12)8(13)6(11)4-9/h6-9,11-13H,2-4H2,1H3. The average molecular weight is 192 g/mol. The number of carbonyl (C=O) groups is 1. The highest BCUT2D eigenvalue weighted by molar-refractivity contribution is 5.83. The minimum absolute atomic E-state index is 0.149. The second-order valence-corrected chi connectivity index (χ2v) is 2.90. The maximum Gasteiger partial charge on any atom is 0.164 e. The summed E-state index contributed by atoms with van der Waals surface area (Å²) in [4.78, 5) is 11.0. The van der Waals surface area contributed by atoms with E-state index in [4.69, 9.17) is 20.4 Å². The van der Waals surface area contributed by atoms with Gasteiger partial charge in [-0.05, 0) is 6.42 Å². The van der Waals surface area contributed by atoms with Gasteiger partial charge in [0.15, 0.2) is 5.78 Å². The molecular weight excluding hydrogens is 176 g/mol. The van der Waals surface area contributed by atoms with Gasteiger partial charge >= 0.3 is 0 Å². The highest BCUT2D eigenvalue weighted by Crippen LogP contribution is 2.04. The van der Waals surface area contributed by atoms with E-state index in [2.05, 4.69) is 0 Å². The lowest BCUT2D eigenvalue weighted by Gasteiger charge is -2.20. The fourth-order valence-electron chi connectivity index (χ4n) is 0.903. The Bertz CT molecular complexity index is 159. The van der Waals surface area contributed by atoms with Crippen LogP contribution in [-0.2, 0) is 4.79 Å². The highest BCUT2D eigenvalue weighted by atomic mass is 16.4. The molecule has 0 aliphatic carbocycles. The first-order chi connectivity index (χ1) is 6.04. The molecule has 78 valence electrons. The van der Waals surface area contributed by atoms with Gasteiger partial charge in [-0.15, -0.1) is 0 Å². The number of rotatable bonds is 6. The minimum atomic E-state index is -1.61. The monoisotopic (exact) mass is 192 g/mol. The summed E-state index contributed by atoms with van der Waals surface area (Å²) in [5, 5.41) is 35.6. The molecule has 5 heteroatoms. The van der Waals surface area contributed by atoms with E-state index in [0.29, 0.717) is 6.42 Å². The van der Waals surface area contributed by atoms with Crippen molar-refractivity contribution in [3.63, 3.8) is 0 Å². The predicted molar refractivity (Wildman–Crippen MR) is 45.0 cm³/mol. The van der Waals surface area contributed by atoms with Gasteiger partial charge in [-0.25, -0.2) is 0 Å². The molecule has 0 aromatic heterocycles. The van der Waals surface area contributed by atoms with Crippen LogP contribution < -0.4 is 0 Å². The van der Waals surface area contributed by atoms with Crippen molar-refractivity contribution in [1.82, 2.24) is 0 Å². The van der Waals surface area contributed by atoms with Crippen molar-refractivity contribution < 1.29 is 25.2 Å². The van der Waals surface area contributed by atoms with Crippen LogP contribution in [0.3, 0.4) is 0 Å². The van der Waals surface area contributed by atoms with Crippen LogP contribution in [0.2, 0.25) is 0 Å². The van der Waals surface area contributed by atoms with Crippen molar-refractivity contribution in [3.05, 3.63) is 0 Å². The zero-order valence-electron chi connectivity index (χ0n) is 7.55. The molecule has 0 saturated heterocycles. The summed E-state index contributed by atoms with van der Waals surface area (Å²) in [7, 11) is 0. The average Bonchev–Trinajstić information content (AvgIpc) is 2.14. The molecule has 5 nitrogen and oxygen atoms in total.